The van der Waals surface area contributed by atoms with Crippen molar-refractivity contribution in [2.45, 2.75) is 0 Å². The molecule has 2 N–H and O–H groups in total. The minimum atomic E-state index is -1.09. The summed E-state index contributed by atoms with van der Waals surface area (Å²) in [7, 11) is 0. The van der Waals surface area contributed by atoms with Crippen molar-refractivity contribution in [1.82, 2.24) is 0 Å². The van der Waals surface area contributed by atoms with Gasteiger partial charge in [-0.25, -0.2) is 0 Å². The molecule has 1 aliphatic rings. The molecule has 4 nitrogen and oxygen atoms in total. The summed E-state index contributed by atoms with van der Waals surface area (Å²) in [5, 5.41) is 27.7. The Hall–Kier alpha value is -1.80. The van der Waals surface area contributed by atoms with Gasteiger partial charge in [0.2, 0.25) is 5.57 Å². The fraction of sp³-hybridized carbons (Fsp3) is 0. The zero-order valence-electron chi connectivity index (χ0n) is 5.38. The first-order valence-corrected chi connectivity index (χ1v) is 2.77. The molecule has 0 aromatic rings. The summed E-state index contributed by atoms with van der Waals surface area (Å²) >= 11 is 0. The van der Waals surface area contributed by atoms with Crippen molar-refractivity contribution in [3.63, 3.8) is 0 Å². The van der Waals surface area contributed by atoms with Crippen LogP contribution in [0.3, 0.4) is 0 Å². The van der Waals surface area contributed by atoms with Gasteiger partial charge in [-0.05, 0) is 0 Å². The van der Waals surface area contributed by atoms with Gasteiger partial charge < -0.3 is 15.3 Å². The molecule has 0 saturated carbocycles. The second-order valence-electron chi connectivity index (χ2n) is 1.90. The van der Waals surface area contributed by atoms with Crippen LogP contribution in [0, 0.1) is 6.08 Å². The topological polar surface area (TPSA) is 86.1 Å². The second kappa shape index (κ2) is 2.44. The highest BCUT2D eigenvalue weighted by atomic mass is 16.4. The Bertz CT molecular complexity index is 283. The molecule has 0 aromatic heterocycles. The van der Waals surface area contributed by atoms with Crippen molar-refractivity contribution < 1.29 is 20.1 Å². The summed E-state index contributed by atoms with van der Waals surface area (Å²) in [5.74, 6) is -2.38. The van der Waals surface area contributed by atoms with E-state index in [0.29, 0.717) is 0 Å². The first-order chi connectivity index (χ1) is 5.11. The maximum Gasteiger partial charge on any atom is 0.604 e. The first-order valence-electron chi connectivity index (χ1n) is 2.77. The highest BCUT2D eigenvalue weighted by Crippen LogP contribution is 2.09. The molecule has 11 heavy (non-hydrogen) atoms. The maximum absolute atomic E-state index is 10.7. The normalized spacial score (nSPS) is 15.8. The van der Waals surface area contributed by atoms with Crippen LogP contribution in [0.15, 0.2) is 29.2 Å². The molecule has 0 bridgehead atoms. The molecule has 1 aliphatic carbocycles. The first kappa shape index (κ1) is 7.31. The SMILES string of the molecule is O=C([OH2+])C1=C([O-])C=C([O-])[C+]=C1. The molecular weight excluding hydrogens is 148 g/mol. The van der Waals surface area contributed by atoms with Crippen molar-refractivity contribution in [2.75, 3.05) is 0 Å². The van der Waals surface area contributed by atoms with Gasteiger partial charge in [0.05, 0.1) is 10.6 Å². The van der Waals surface area contributed by atoms with Gasteiger partial charge in [0.25, 0.3) is 0 Å². The number of carbonyl (C=O) groups excluding carboxylic acids is 1. The van der Waals surface area contributed by atoms with Crippen LogP contribution in [0.2, 0.25) is 0 Å². The highest BCUT2D eigenvalue weighted by molar-refractivity contribution is 5.91. The van der Waals surface area contributed by atoms with Gasteiger partial charge in [-0.2, -0.15) is 0 Å². The van der Waals surface area contributed by atoms with Crippen molar-refractivity contribution in [3.8, 4) is 0 Å². The van der Waals surface area contributed by atoms with Gasteiger partial charge in [0.15, 0.2) is 0 Å². The van der Waals surface area contributed by atoms with E-state index in [-0.39, 0.29) is 5.57 Å². The van der Waals surface area contributed by atoms with E-state index < -0.39 is 17.5 Å². The molecule has 0 aliphatic heterocycles. The fourth-order valence-corrected chi connectivity index (χ4v) is 0.630. The summed E-state index contributed by atoms with van der Waals surface area (Å²) in [4.78, 5) is 10.3. The molecule has 0 unspecified atom stereocenters. The van der Waals surface area contributed by atoms with Crippen molar-refractivity contribution in [2.24, 2.45) is 0 Å². The number of rotatable bonds is 1. The van der Waals surface area contributed by atoms with Crippen LogP contribution in [0.1, 0.15) is 0 Å². The molecule has 0 amide bonds. The molecule has 0 radical (unpaired) electrons. The Balaban J connectivity index is 3.08. The summed E-state index contributed by atoms with van der Waals surface area (Å²) in [6.07, 6.45) is 3.81. The van der Waals surface area contributed by atoms with Gasteiger partial charge >= 0.3 is 5.97 Å². The van der Waals surface area contributed by atoms with Gasteiger partial charge in [-0.1, -0.05) is 0 Å². The average Bonchev–Trinajstić information content (AvgIpc) is 1.85. The lowest BCUT2D eigenvalue weighted by molar-refractivity contribution is -0.311. The van der Waals surface area contributed by atoms with Gasteiger partial charge in [0, 0.05) is 17.9 Å². The Labute approximate surface area is 62.4 Å². The third kappa shape index (κ3) is 1.36. The number of hydrogen-bond donors (Lipinski definition) is 0. The largest absolute Gasteiger partial charge is 0.851 e. The summed E-state index contributed by atoms with van der Waals surface area (Å²) in [5.41, 5.74) is -0.315. The molecule has 0 heterocycles. The molecule has 0 saturated heterocycles. The molecule has 1 rings (SSSR count). The Morgan fingerprint density at radius 3 is 2.64 bits per heavy atom. The van der Waals surface area contributed by atoms with Gasteiger partial charge in [0.1, 0.15) is 6.08 Å². The van der Waals surface area contributed by atoms with Crippen LogP contribution in [0.4, 0.5) is 0 Å². The lowest BCUT2D eigenvalue weighted by atomic mass is 10.1. The maximum atomic E-state index is 10.7. The minimum absolute atomic E-state index is 0.315. The predicted molar refractivity (Wildman–Crippen MR) is 31.5 cm³/mol. The monoisotopic (exact) mass is 152 g/mol. The standard InChI is InChI=1S/C7H4O4/c8-4-1-2-5(7(10)11)6(9)3-4/h2-3H,(H2-,8,9,10,11). The molecular formula is C7H4O4. The smallest absolute Gasteiger partial charge is 0.604 e. The minimum Gasteiger partial charge on any atom is -0.851 e. The third-order valence-corrected chi connectivity index (χ3v) is 1.13. The summed E-state index contributed by atoms with van der Waals surface area (Å²) in [6, 6.07) is 0. The van der Waals surface area contributed by atoms with Crippen LogP contribution in [0.5, 0.6) is 0 Å². The van der Waals surface area contributed by atoms with Gasteiger partial charge in [-0.3, -0.25) is 0 Å². The Kier molecular flexibility index (Phi) is 1.62. The molecule has 0 aromatic carbocycles. The van der Waals surface area contributed by atoms with Gasteiger partial charge in [-0.15, -0.1) is 0 Å². The van der Waals surface area contributed by atoms with E-state index in [1.807, 2.05) is 0 Å². The summed E-state index contributed by atoms with van der Waals surface area (Å²) in [6.45, 7) is 0. The number of carbonyl (C=O) groups is 1. The van der Waals surface area contributed by atoms with Crippen molar-refractivity contribution in [3.05, 3.63) is 35.3 Å². The molecule has 0 fully saturated rings. The molecule has 4 heteroatoms. The van der Waals surface area contributed by atoms with E-state index in [9.17, 15) is 15.0 Å². The Morgan fingerprint density at radius 2 is 2.18 bits per heavy atom. The zero-order valence-corrected chi connectivity index (χ0v) is 5.38. The third-order valence-electron chi connectivity index (χ3n) is 1.13. The highest BCUT2D eigenvalue weighted by Gasteiger charge is 2.22. The average molecular weight is 152 g/mol. The van der Waals surface area contributed by atoms with E-state index in [1.165, 1.54) is 0 Å². The Morgan fingerprint density at radius 1 is 1.55 bits per heavy atom. The molecule has 56 valence electrons. The van der Waals surface area contributed by atoms with Crippen LogP contribution < -0.4 is 10.2 Å². The lowest BCUT2D eigenvalue weighted by Gasteiger charge is -2.06. The van der Waals surface area contributed by atoms with Crippen molar-refractivity contribution in [1.29, 1.82) is 0 Å². The van der Waals surface area contributed by atoms with Crippen LogP contribution in [-0.4, -0.2) is 11.1 Å². The van der Waals surface area contributed by atoms with Crippen LogP contribution in [0.25, 0.3) is 0 Å². The van der Waals surface area contributed by atoms with E-state index in [4.69, 9.17) is 5.11 Å². The zero-order chi connectivity index (χ0) is 8.43. The van der Waals surface area contributed by atoms with E-state index in [0.717, 1.165) is 12.2 Å². The van der Waals surface area contributed by atoms with Crippen LogP contribution in [-0.2, 0) is 4.79 Å². The predicted octanol–water partition coefficient (Wildman–Crippen LogP) is -2.53. The number of hydrogen-bond acceptors (Lipinski definition) is 3. The quantitative estimate of drug-likeness (QED) is 0.306. The lowest BCUT2D eigenvalue weighted by Crippen LogP contribution is -2.16. The second-order valence-corrected chi connectivity index (χ2v) is 1.90. The van der Waals surface area contributed by atoms with Crippen molar-refractivity contribution >= 4 is 5.97 Å². The van der Waals surface area contributed by atoms with Crippen LogP contribution >= 0.6 is 0 Å². The molecule has 0 atom stereocenters. The fourth-order valence-electron chi connectivity index (χ4n) is 0.630. The molecule has 0 spiro atoms. The van der Waals surface area contributed by atoms with E-state index in [1.54, 1.807) is 0 Å². The summed E-state index contributed by atoms with van der Waals surface area (Å²) < 4.78 is 0. The number of allylic oxidation sites excluding steroid dienone is 2. The van der Waals surface area contributed by atoms with E-state index >= 15 is 0 Å². The van der Waals surface area contributed by atoms with E-state index in [2.05, 4.69) is 6.08 Å².